The van der Waals surface area contributed by atoms with Crippen molar-refractivity contribution in [3.63, 3.8) is 0 Å². The molecule has 0 unspecified atom stereocenters. The molecular formula is C40H34N6O. The lowest BCUT2D eigenvalue weighted by Crippen LogP contribution is -2.39. The van der Waals surface area contributed by atoms with Crippen LogP contribution in [-0.2, 0) is 12.0 Å². The van der Waals surface area contributed by atoms with Crippen LogP contribution in [0.5, 0.6) is 0 Å². The summed E-state index contributed by atoms with van der Waals surface area (Å²) in [6.45, 7) is 2.15. The number of nitrogens with zero attached hydrogens (tertiary/aromatic N) is 6. The molecule has 7 heteroatoms. The third-order valence-corrected chi connectivity index (χ3v) is 8.63. The molecule has 2 heterocycles. The Morgan fingerprint density at radius 3 is 1.79 bits per heavy atom. The molecule has 0 aliphatic carbocycles. The van der Waals surface area contributed by atoms with Crippen LogP contribution in [0.15, 0.2) is 146 Å². The van der Waals surface area contributed by atoms with E-state index in [2.05, 4.69) is 71.6 Å². The van der Waals surface area contributed by atoms with Gasteiger partial charge < -0.3 is 0 Å². The number of aldehydes is 1. The zero-order valence-corrected chi connectivity index (χ0v) is 26.1. The van der Waals surface area contributed by atoms with E-state index in [0.717, 1.165) is 70.4 Å². The van der Waals surface area contributed by atoms with Gasteiger partial charge in [-0.15, -0.1) is 15.0 Å². The normalized spacial score (nSPS) is 11.4. The molecule has 0 saturated carbocycles. The maximum absolute atomic E-state index is 11.8. The molecule has 0 aliphatic heterocycles. The molecular weight excluding hydrogens is 580 g/mol. The predicted molar refractivity (Wildman–Crippen MR) is 184 cm³/mol. The second-order valence-corrected chi connectivity index (χ2v) is 11.5. The number of carbonyl (C=O) groups excluding carboxylic acids is 1. The summed E-state index contributed by atoms with van der Waals surface area (Å²) >= 11 is 0. The van der Waals surface area contributed by atoms with Gasteiger partial charge in [0.1, 0.15) is 11.5 Å². The summed E-state index contributed by atoms with van der Waals surface area (Å²) in [4.78, 5) is 18.1. The van der Waals surface area contributed by atoms with Crippen LogP contribution >= 0.6 is 0 Å². The summed E-state index contributed by atoms with van der Waals surface area (Å²) in [7, 11) is 0. The van der Waals surface area contributed by atoms with Crippen molar-refractivity contribution in [3.05, 3.63) is 174 Å². The van der Waals surface area contributed by atoms with Gasteiger partial charge in [-0.1, -0.05) is 141 Å². The van der Waals surface area contributed by atoms with Crippen LogP contribution in [-0.4, -0.2) is 36.0 Å². The number of aryl methyl sites for hydroxylation is 1. The highest BCUT2D eigenvalue weighted by Gasteiger charge is 2.41. The fourth-order valence-corrected chi connectivity index (χ4v) is 6.37. The van der Waals surface area contributed by atoms with Gasteiger partial charge in [0, 0.05) is 17.7 Å². The molecule has 230 valence electrons. The molecule has 0 saturated heterocycles. The molecule has 0 atom stereocenters. The Bertz CT molecular complexity index is 1990. The highest BCUT2D eigenvalue weighted by Crippen LogP contribution is 2.40. The summed E-state index contributed by atoms with van der Waals surface area (Å²) in [5.74, 6) is 1.41. The first kappa shape index (κ1) is 29.7. The van der Waals surface area contributed by atoms with Gasteiger partial charge in [0.2, 0.25) is 5.82 Å². The smallest absolute Gasteiger partial charge is 0.205 e. The van der Waals surface area contributed by atoms with E-state index in [0.29, 0.717) is 11.5 Å². The Kier molecular flexibility index (Phi) is 8.35. The summed E-state index contributed by atoms with van der Waals surface area (Å²) < 4.78 is 1.95. The topological polar surface area (TPSA) is 78.5 Å². The van der Waals surface area contributed by atoms with Gasteiger partial charge >= 0.3 is 0 Å². The van der Waals surface area contributed by atoms with Crippen LogP contribution in [0.4, 0.5) is 0 Å². The van der Waals surface area contributed by atoms with E-state index in [1.807, 2.05) is 89.5 Å². The van der Waals surface area contributed by atoms with Gasteiger partial charge in [0.25, 0.3) is 0 Å². The maximum atomic E-state index is 11.8. The van der Waals surface area contributed by atoms with Crippen molar-refractivity contribution < 1.29 is 4.79 Å². The fraction of sp³-hybridized carbons (Fsp3) is 0.125. The van der Waals surface area contributed by atoms with Crippen molar-refractivity contribution >= 4 is 6.29 Å². The molecule has 0 amide bonds. The average molecular weight is 615 g/mol. The van der Waals surface area contributed by atoms with Gasteiger partial charge in [0.05, 0.1) is 6.20 Å². The number of hydrogen-bond donors (Lipinski definition) is 0. The first-order chi connectivity index (χ1) is 23.2. The van der Waals surface area contributed by atoms with Gasteiger partial charge in [-0.05, 0) is 51.6 Å². The molecule has 7 aromatic rings. The first-order valence-electron chi connectivity index (χ1n) is 15.9. The Morgan fingerprint density at radius 1 is 0.681 bits per heavy atom. The number of hydrogen-bond acceptors (Lipinski definition) is 5. The first-order valence-corrected chi connectivity index (χ1v) is 15.9. The van der Waals surface area contributed by atoms with Crippen molar-refractivity contribution in [3.8, 4) is 28.2 Å². The lowest BCUT2D eigenvalue weighted by molar-refractivity contribution is 0.111. The second kappa shape index (κ2) is 13.2. The number of rotatable bonds is 11. The zero-order valence-electron chi connectivity index (χ0n) is 26.1. The van der Waals surface area contributed by atoms with Gasteiger partial charge in [-0.2, -0.15) is 0 Å². The number of carbonyl (C=O) groups is 1. The molecule has 47 heavy (non-hydrogen) atoms. The van der Waals surface area contributed by atoms with E-state index in [9.17, 15) is 4.79 Å². The number of unbranched alkanes of at least 4 members (excludes halogenated alkanes) is 1. The van der Waals surface area contributed by atoms with Crippen molar-refractivity contribution in [1.29, 1.82) is 0 Å². The van der Waals surface area contributed by atoms with Crippen molar-refractivity contribution in [2.45, 2.75) is 31.7 Å². The summed E-state index contributed by atoms with van der Waals surface area (Å²) in [6, 6.07) is 47.3. The SMILES string of the molecule is CCCCc1ncc(C=O)n1-c1ccc(-c2ccccc2-c2nnn(C(c3ccccc3)(c3ccccc3)c3ccccc3)n2)cc1. The monoisotopic (exact) mass is 614 g/mol. The van der Waals surface area contributed by atoms with Crippen LogP contribution in [0, 0.1) is 0 Å². The van der Waals surface area contributed by atoms with E-state index in [1.54, 1.807) is 11.0 Å². The Balaban J connectivity index is 1.33. The minimum atomic E-state index is -0.859. The third kappa shape index (κ3) is 5.46. The third-order valence-electron chi connectivity index (χ3n) is 8.63. The minimum Gasteiger partial charge on any atom is -0.296 e. The van der Waals surface area contributed by atoms with Gasteiger partial charge in [-0.3, -0.25) is 9.36 Å². The molecule has 7 rings (SSSR count). The minimum absolute atomic E-state index is 0.525. The van der Waals surface area contributed by atoms with Crippen LogP contribution in [0.25, 0.3) is 28.2 Å². The van der Waals surface area contributed by atoms with Gasteiger partial charge in [-0.25, -0.2) is 4.98 Å². The van der Waals surface area contributed by atoms with E-state index in [4.69, 9.17) is 10.3 Å². The lowest BCUT2D eigenvalue weighted by Gasteiger charge is -2.34. The molecule has 5 aromatic carbocycles. The zero-order chi connectivity index (χ0) is 32.1. The highest BCUT2D eigenvalue weighted by atomic mass is 16.1. The molecule has 7 nitrogen and oxygen atoms in total. The molecule has 0 fully saturated rings. The summed E-state index contributed by atoms with van der Waals surface area (Å²) in [5.41, 5.74) is 6.52. The van der Waals surface area contributed by atoms with Crippen LogP contribution in [0.2, 0.25) is 0 Å². The standard InChI is InChI=1S/C40H34N6O/c1-2-3-23-38-41-28-35(29-47)45(38)34-26-24-30(25-27-34)36-21-13-14-22-37(36)39-42-44-46(43-39)40(31-15-7-4-8-16-31,32-17-9-5-10-18-32)33-19-11-6-12-20-33/h4-22,24-29H,2-3,23H2,1H3. The summed E-state index contributed by atoms with van der Waals surface area (Å²) in [5, 5.41) is 14.6. The Labute approximate surface area is 274 Å². The van der Waals surface area contributed by atoms with E-state index < -0.39 is 5.54 Å². The van der Waals surface area contributed by atoms with Crippen molar-refractivity contribution in [2.24, 2.45) is 0 Å². The largest absolute Gasteiger partial charge is 0.296 e. The number of aromatic nitrogens is 6. The van der Waals surface area contributed by atoms with Crippen molar-refractivity contribution in [1.82, 2.24) is 29.8 Å². The van der Waals surface area contributed by atoms with Crippen LogP contribution in [0.1, 0.15) is 52.8 Å². The molecule has 0 bridgehead atoms. The van der Waals surface area contributed by atoms with Crippen molar-refractivity contribution in [2.75, 3.05) is 0 Å². The predicted octanol–water partition coefficient (Wildman–Crippen LogP) is 8.19. The molecule has 0 N–H and O–H groups in total. The number of benzene rings is 5. The molecule has 0 spiro atoms. The second-order valence-electron chi connectivity index (χ2n) is 11.5. The Hall–Kier alpha value is -5.95. The average Bonchev–Trinajstić information content (AvgIpc) is 3.81. The number of imidazole rings is 1. The van der Waals surface area contributed by atoms with E-state index in [-0.39, 0.29) is 0 Å². The highest BCUT2D eigenvalue weighted by molar-refractivity contribution is 5.81. The summed E-state index contributed by atoms with van der Waals surface area (Å²) in [6.07, 6.45) is 5.39. The molecule has 2 aromatic heterocycles. The lowest BCUT2D eigenvalue weighted by atomic mass is 9.77. The maximum Gasteiger partial charge on any atom is 0.205 e. The quantitative estimate of drug-likeness (QED) is 0.108. The van der Waals surface area contributed by atoms with Gasteiger partial charge in [0.15, 0.2) is 11.8 Å². The van der Waals surface area contributed by atoms with E-state index in [1.165, 1.54) is 0 Å². The molecule has 0 radical (unpaired) electrons. The molecule has 0 aliphatic rings. The van der Waals surface area contributed by atoms with Crippen LogP contribution in [0.3, 0.4) is 0 Å². The fourth-order valence-electron chi connectivity index (χ4n) is 6.37. The number of tetrazole rings is 1. The van der Waals surface area contributed by atoms with E-state index >= 15 is 0 Å². The van der Waals surface area contributed by atoms with Crippen LogP contribution < -0.4 is 0 Å². The Morgan fingerprint density at radius 2 is 1.23 bits per heavy atom.